The number of aromatic nitrogens is 1. The minimum Gasteiger partial charge on any atom is -0.388 e. The number of hydrogen-bond donors (Lipinski definition) is 1. The molecule has 0 bridgehead atoms. The smallest absolute Gasteiger partial charge is 0.110 e. The van der Waals surface area contributed by atoms with Gasteiger partial charge in [-0.3, -0.25) is 4.90 Å². The van der Waals surface area contributed by atoms with Gasteiger partial charge in [0.15, 0.2) is 0 Å². The molecule has 0 radical (unpaired) electrons. The summed E-state index contributed by atoms with van der Waals surface area (Å²) in [6, 6.07) is 0.493. The Hall–Kier alpha value is -0.450. The average Bonchev–Trinajstić information content (AvgIpc) is 2.85. The first-order chi connectivity index (χ1) is 7.22. The molecule has 2 heterocycles. The van der Waals surface area contributed by atoms with E-state index in [0.717, 1.165) is 11.4 Å². The molecule has 1 saturated heterocycles. The van der Waals surface area contributed by atoms with E-state index in [1.807, 2.05) is 6.20 Å². The van der Waals surface area contributed by atoms with E-state index >= 15 is 0 Å². The Morgan fingerprint density at radius 2 is 2.53 bits per heavy atom. The molecular weight excluding hydrogens is 208 g/mol. The van der Waals surface area contributed by atoms with Crippen LogP contribution in [-0.2, 0) is 0 Å². The first-order valence-corrected chi connectivity index (χ1v) is 6.41. The third kappa shape index (κ3) is 2.22. The number of aliphatic hydroxyl groups excluding tert-OH is 1. The maximum atomic E-state index is 9.46. The highest BCUT2D eigenvalue weighted by Crippen LogP contribution is 2.35. The summed E-state index contributed by atoms with van der Waals surface area (Å²) in [6.07, 6.45) is 3.91. The van der Waals surface area contributed by atoms with Crippen molar-refractivity contribution in [3.05, 3.63) is 16.1 Å². The minimum atomic E-state index is -0.382. The topological polar surface area (TPSA) is 36.4 Å². The SMILES string of the molecule is CCN1CCCC1c1ncc(C(C)O)s1. The third-order valence-corrected chi connectivity index (χ3v) is 4.28. The molecule has 84 valence electrons. The zero-order chi connectivity index (χ0) is 10.8. The highest BCUT2D eigenvalue weighted by atomic mass is 32.1. The Morgan fingerprint density at radius 3 is 3.13 bits per heavy atom. The van der Waals surface area contributed by atoms with E-state index in [4.69, 9.17) is 0 Å². The zero-order valence-corrected chi connectivity index (χ0v) is 10.1. The van der Waals surface area contributed by atoms with Crippen LogP contribution < -0.4 is 0 Å². The molecule has 1 fully saturated rings. The molecule has 2 unspecified atom stereocenters. The molecule has 0 amide bonds. The van der Waals surface area contributed by atoms with Crippen LogP contribution in [-0.4, -0.2) is 28.1 Å². The quantitative estimate of drug-likeness (QED) is 0.859. The summed E-state index contributed by atoms with van der Waals surface area (Å²) in [4.78, 5) is 7.88. The van der Waals surface area contributed by atoms with Crippen molar-refractivity contribution in [3.8, 4) is 0 Å². The monoisotopic (exact) mass is 226 g/mol. The summed E-state index contributed by atoms with van der Waals surface area (Å²) in [5.41, 5.74) is 0. The molecule has 1 aliphatic heterocycles. The summed E-state index contributed by atoms with van der Waals surface area (Å²) in [7, 11) is 0. The van der Waals surface area contributed by atoms with Crippen LogP contribution >= 0.6 is 11.3 Å². The number of rotatable bonds is 3. The second-order valence-electron chi connectivity index (χ2n) is 4.06. The Balaban J connectivity index is 2.14. The molecule has 15 heavy (non-hydrogen) atoms. The predicted octanol–water partition coefficient (Wildman–Crippen LogP) is 2.35. The predicted molar refractivity (Wildman–Crippen MR) is 62.0 cm³/mol. The number of likely N-dealkylation sites (tertiary alicyclic amines) is 1. The average molecular weight is 226 g/mol. The molecule has 1 aromatic heterocycles. The van der Waals surface area contributed by atoms with Crippen LogP contribution in [0.1, 0.15) is 48.7 Å². The summed E-state index contributed by atoms with van der Waals surface area (Å²) < 4.78 is 0. The van der Waals surface area contributed by atoms with Gasteiger partial charge in [-0.25, -0.2) is 4.98 Å². The van der Waals surface area contributed by atoms with E-state index in [2.05, 4.69) is 16.8 Å². The van der Waals surface area contributed by atoms with Crippen molar-refractivity contribution >= 4 is 11.3 Å². The van der Waals surface area contributed by atoms with Gasteiger partial charge in [0.25, 0.3) is 0 Å². The van der Waals surface area contributed by atoms with Crippen molar-refractivity contribution in [2.75, 3.05) is 13.1 Å². The molecule has 2 atom stereocenters. The maximum Gasteiger partial charge on any atom is 0.110 e. The molecule has 0 aliphatic carbocycles. The van der Waals surface area contributed by atoms with Crippen molar-refractivity contribution in [1.82, 2.24) is 9.88 Å². The van der Waals surface area contributed by atoms with Crippen LogP contribution in [0.5, 0.6) is 0 Å². The Morgan fingerprint density at radius 1 is 1.73 bits per heavy atom. The molecule has 1 aromatic rings. The Labute approximate surface area is 94.8 Å². The first-order valence-electron chi connectivity index (χ1n) is 5.60. The highest BCUT2D eigenvalue weighted by molar-refractivity contribution is 7.11. The molecule has 1 aliphatic rings. The molecule has 0 aromatic carbocycles. The van der Waals surface area contributed by atoms with Gasteiger partial charge >= 0.3 is 0 Å². The number of nitrogens with zero attached hydrogens (tertiary/aromatic N) is 2. The van der Waals surface area contributed by atoms with E-state index in [9.17, 15) is 5.11 Å². The Kier molecular flexibility index (Phi) is 3.38. The van der Waals surface area contributed by atoms with Gasteiger partial charge in [0.2, 0.25) is 0 Å². The van der Waals surface area contributed by atoms with Crippen molar-refractivity contribution in [3.63, 3.8) is 0 Å². The normalized spacial score (nSPS) is 24.6. The van der Waals surface area contributed by atoms with Gasteiger partial charge in [0.05, 0.1) is 17.0 Å². The Bertz CT molecular complexity index is 324. The summed E-state index contributed by atoms with van der Waals surface area (Å²) in [6.45, 7) is 6.27. The molecule has 0 spiro atoms. The lowest BCUT2D eigenvalue weighted by molar-refractivity contribution is 0.203. The maximum absolute atomic E-state index is 9.46. The van der Waals surface area contributed by atoms with Crippen molar-refractivity contribution in [2.45, 2.75) is 38.8 Å². The number of thiazole rings is 1. The first kappa shape index (κ1) is 11.0. The van der Waals surface area contributed by atoms with E-state index in [1.54, 1.807) is 18.3 Å². The molecule has 1 N–H and O–H groups in total. The summed E-state index contributed by atoms with van der Waals surface area (Å²) in [5, 5.41) is 10.6. The lowest BCUT2D eigenvalue weighted by atomic mass is 10.2. The zero-order valence-electron chi connectivity index (χ0n) is 9.31. The summed E-state index contributed by atoms with van der Waals surface area (Å²) in [5.74, 6) is 0. The largest absolute Gasteiger partial charge is 0.388 e. The fraction of sp³-hybridized carbons (Fsp3) is 0.727. The van der Waals surface area contributed by atoms with Gasteiger partial charge in [-0.05, 0) is 32.9 Å². The van der Waals surface area contributed by atoms with E-state index < -0.39 is 0 Å². The van der Waals surface area contributed by atoms with Crippen molar-refractivity contribution < 1.29 is 5.11 Å². The van der Waals surface area contributed by atoms with Crippen molar-refractivity contribution in [1.29, 1.82) is 0 Å². The van der Waals surface area contributed by atoms with Crippen LogP contribution in [0.3, 0.4) is 0 Å². The van der Waals surface area contributed by atoms with Crippen molar-refractivity contribution in [2.24, 2.45) is 0 Å². The van der Waals surface area contributed by atoms with E-state index in [-0.39, 0.29) is 6.10 Å². The fourth-order valence-corrected chi connectivity index (χ4v) is 3.16. The number of hydrogen-bond acceptors (Lipinski definition) is 4. The second-order valence-corrected chi connectivity index (χ2v) is 5.16. The van der Waals surface area contributed by atoms with Gasteiger partial charge in [0.1, 0.15) is 5.01 Å². The minimum absolute atomic E-state index is 0.382. The third-order valence-electron chi connectivity index (χ3n) is 3.01. The van der Waals surface area contributed by atoms with Gasteiger partial charge in [-0.15, -0.1) is 11.3 Å². The van der Waals surface area contributed by atoms with Crippen LogP contribution in [0.15, 0.2) is 6.20 Å². The van der Waals surface area contributed by atoms with E-state index in [1.165, 1.54) is 24.4 Å². The van der Waals surface area contributed by atoms with Gasteiger partial charge in [-0.2, -0.15) is 0 Å². The molecule has 4 heteroatoms. The van der Waals surface area contributed by atoms with Gasteiger partial charge < -0.3 is 5.11 Å². The number of aliphatic hydroxyl groups is 1. The molecule has 3 nitrogen and oxygen atoms in total. The highest BCUT2D eigenvalue weighted by Gasteiger charge is 2.27. The van der Waals surface area contributed by atoms with E-state index in [0.29, 0.717) is 6.04 Å². The lowest BCUT2D eigenvalue weighted by Gasteiger charge is -2.20. The lowest BCUT2D eigenvalue weighted by Crippen LogP contribution is -2.22. The molecule has 0 saturated carbocycles. The van der Waals surface area contributed by atoms with Crippen LogP contribution in [0.4, 0.5) is 0 Å². The van der Waals surface area contributed by atoms with Gasteiger partial charge in [-0.1, -0.05) is 6.92 Å². The second kappa shape index (κ2) is 4.60. The van der Waals surface area contributed by atoms with Gasteiger partial charge in [0, 0.05) is 6.20 Å². The fourth-order valence-electron chi connectivity index (χ4n) is 2.13. The summed E-state index contributed by atoms with van der Waals surface area (Å²) >= 11 is 1.65. The van der Waals surface area contributed by atoms with Crippen LogP contribution in [0, 0.1) is 0 Å². The van der Waals surface area contributed by atoms with Crippen LogP contribution in [0.2, 0.25) is 0 Å². The molecular formula is C11H18N2OS. The van der Waals surface area contributed by atoms with Crippen LogP contribution in [0.25, 0.3) is 0 Å². The standard InChI is InChI=1S/C11H18N2OS/c1-3-13-6-4-5-9(13)11-12-7-10(15-11)8(2)14/h7-9,14H,3-6H2,1-2H3. The molecule has 2 rings (SSSR count).